The maximum atomic E-state index is 12.1. The van der Waals surface area contributed by atoms with E-state index in [0.717, 1.165) is 0 Å². The highest BCUT2D eigenvalue weighted by Gasteiger charge is 2.47. The number of hydrogen-bond acceptors (Lipinski definition) is 5. The predicted octanol–water partition coefficient (Wildman–Crippen LogP) is -0.434. The van der Waals surface area contributed by atoms with Gasteiger partial charge in [0, 0.05) is 18.5 Å². The number of fused-ring (bicyclic) bond motifs is 1. The summed E-state index contributed by atoms with van der Waals surface area (Å²) in [4.78, 5) is 19.2. The van der Waals surface area contributed by atoms with Crippen molar-refractivity contribution in [3.05, 3.63) is 22.5 Å². The number of ether oxygens (including phenoxy) is 2. The van der Waals surface area contributed by atoms with Crippen LogP contribution < -0.4 is 10.1 Å². The summed E-state index contributed by atoms with van der Waals surface area (Å²) in [5, 5.41) is 10.3. The highest BCUT2D eigenvalue weighted by Crippen LogP contribution is 2.29. The third kappa shape index (κ3) is 2.36. The van der Waals surface area contributed by atoms with Crippen LogP contribution in [0.2, 0.25) is 0 Å². The van der Waals surface area contributed by atoms with E-state index >= 15 is 0 Å². The summed E-state index contributed by atoms with van der Waals surface area (Å²) in [6, 6.07) is 0. The number of rotatable bonds is 3. The lowest BCUT2D eigenvalue weighted by Gasteiger charge is -2.16. The number of imidazole rings is 1. The highest BCUT2D eigenvalue weighted by atomic mass is 127. The minimum absolute atomic E-state index is 0.207. The standard InChI is InChI=1S/C13H17IN4O4/c1-6-15-11-8(12(20)16-6)17(2)5-18(11)13-10(21-3)9(19)7(4-14)22-13/h5,7,9-10,13,19H,4H2,1-3H3/p+1/t7-,9?,10+,13-/m1/s1. The summed E-state index contributed by atoms with van der Waals surface area (Å²) in [7, 11) is 3.31. The van der Waals surface area contributed by atoms with Gasteiger partial charge < -0.3 is 14.6 Å². The maximum Gasteiger partial charge on any atom is 0.311 e. The fourth-order valence-corrected chi connectivity index (χ4v) is 3.60. The van der Waals surface area contributed by atoms with Gasteiger partial charge in [0.05, 0.1) is 13.2 Å². The van der Waals surface area contributed by atoms with E-state index in [4.69, 9.17) is 9.47 Å². The third-order valence-electron chi connectivity index (χ3n) is 3.90. The van der Waals surface area contributed by atoms with Gasteiger partial charge in [-0.15, -0.1) is 0 Å². The summed E-state index contributed by atoms with van der Waals surface area (Å²) in [6.07, 6.45) is -0.348. The second kappa shape index (κ2) is 5.87. The van der Waals surface area contributed by atoms with Crippen molar-refractivity contribution in [2.75, 3.05) is 11.5 Å². The molecule has 9 heteroatoms. The first-order valence-corrected chi connectivity index (χ1v) is 8.40. The smallest absolute Gasteiger partial charge is 0.311 e. The number of methoxy groups -OCH3 is 1. The number of aliphatic hydroxyl groups is 1. The molecule has 3 heterocycles. The Morgan fingerprint density at radius 1 is 1.64 bits per heavy atom. The van der Waals surface area contributed by atoms with Crippen LogP contribution in [0.25, 0.3) is 11.2 Å². The van der Waals surface area contributed by atoms with Gasteiger partial charge in [-0.05, 0) is 0 Å². The summed E-state index contributed by atoms with van der Waals surface area (Å²) >= 11 is 2.17. The van der Waals surface area contributed by atoms with Crippen molar-refractivity contribution < 1.29 is 19.1 Å². The van der Waals surface area contributed by atoms with Crippen LogP contribution in [0.4, 0.5) is 0 Å². The molecular weight excluding hydrogens is 403 g/mol. The van der Waals surface area contributed by atoms with Crippen LogP contribution in [0.1, 0.15) is 12.1 Å². The topological polar surface area (TPSA) is 93.2 Å². The molecule has 1 saturated heterocycles. The predicted molar refractivity (Wildman–Crippen MR) is 85.9 cm³/mol. The van der Waals surface area contributed by atoms with E-state index in [-0.39, 0.29) is 11.7 Å². The Morgan fingerprint density at radius 3 is 3.00 bits per heavy atom. The number of aromatic amines is 1. The summed E-state index contributed by atoms with van der Waals surface area (Å²) in [5.41, 5.74) is 0.760. The van der Waals surface area contributed by atoms with Crippen molar-refractivity contribution in [1.82, 2.24) is 14.5 Å². The lowest BCUT2D eigenvalue weighted by molar-refractivity contribution is -0.745. The number of nitrogens with zero attached hydrogens (tertiary/aromatic N) is 3. The van der Waals surface area contributed by atoms with Crippen molar-refractivity contribution in [3.8, 4) is 0 Å². The second-order valence-electron chi connectivity index (χ2n) is 5.37. The van der Waals surface area contributed by atoms with Crippen LogP contribution in [0, 0.1) is 6.92 Å². The fraction of sp³-hybridized carbons (Fsp3) is 0.615. The van der Waals surface area contributed by atoms with Gasteiger partial charge in [0.1, 0.15) is 12.2 Å². The summed E-state index contributed by atoms with van der Waals surface area (Å²) < 4.78 is 15.4. The normalized spacial score (nSPS) is 28.6. The molecule has 0 spiro atoms. The van der Waals surface area contributed by atoms with E-state index in [1.54, 1.807) is 29.4 Å². The molecule has 1 fully saturated rings. The Bertz CT molecular complexity index is 758. The Labute approximate surface area is 140 Å². The molecule has 0 radical (unpaired) electrons. The zero-order chi connectivity index (χ0) is 16.0. The molecule has 4 atom stereocenters. The van der Waals surface area contributed by atoms with Crippen molar-refractivity contribution in [1.29, 1.82) is 0 Å². The Morgan fingerprint density at radius 2 is 2.36 bits per heavy atom. The molecule has 2 N–H and O–H groups in total. The Hall–Kier alpha value is -1.04. The van der Waals surface area contributed by atoms with Crippen molar-refractivity contribution >= 4 is 33.8 Å². The van der Waals surface area contributed by atoms with Crippen molar-refractivity contribution in [2.24, 2.45) is 7.05 Å². The van der Waals surface area contributed by atoms with Crippen molar-refractivity contribution in [2.45, 2.75) is 31.5 Å². The van der Waals surface area contributed by atoms with E-state index in [0.29, 0.717) is 21.4 Å². The van der Waals surface area contributed by atoms with Crippen LogP contribution in [-0.4, -0.2) is 49.5 Å². The van der Waals surface area contributed by atoms with Gasteiger partial charge in [-0.3, -0.25) is 14.3 Å². The zero-order valence-electron chi connectivity index (χ0n) is 12.5. The SMILES string of the molecule is CO[C@H]1C(O)[C@@H](CI)O[C@H]1[n+]1cn(C)c2c(=O)[nH]c(C)nc21. The van der Waals surface area contributed by atoms with E-state index in [1.165, 1.54) is 7.11 Å². The van der Waals surface area contributed by atoms with Crippen LogP contribution in [0.15, 0.2) is 11.1 Å². The monoisotopic (exact) mass is 421 g/mol. The minimum Gasteiger partial charge on any atom is -0.387 e. The number of aliphatic hydroxyl groups excluding tert-OH is 1. The first-order chi connectivity index (χ1) is 10.5. The first kappa shape index (κ1) is 15.8. The molecule has 8 nitrogen and oxygen atoms in total. The molecule has 1 unspecified atom stereocenters. The second-order valence-corrected chi connectivity index (χ2v) is 6.25. The molecule has 0 saturated carbocycles. The maximum absolute atomic E-state index is 12.1. The number of halogens is 1. The largest absolute Gasteiger partial charge is 0.387 e. The molecule has 120 valence electrons. The molecule has 0 bridgehead atoms. The average molecular weight is 421 g/mol. The van der Waals surface area contributed by atoms with Crippen LogP contribution >= 0.6 is 22.6 Å². The van der Waals surface area contributed by atoms with Gasteiger partial charge in [-0.25, -0.2) is 4.57 Å². The van der Waals surface area contributed by atoms with Gasteiger partial charge in [0.25, 0.3) is 5.56 Å². The quantitative estimate of drug-likeness (QED) is 0.399. The van der Waals surface area contributed by atoms with Gasteiger partial charge in [-0.1, -0.05) is 27.6 Å². The highest BCUT2D eigenvalue weighted by molar-refractivity contribution is 14.1. The molecule has 1 aliphatic heterocycles. The molecule has 0 amide bonds. The molecule has 0 aliphatic carbocycles. The summed E-state index contributed by atoms with van der Waals surface area (Å²) in [5.74, 6) is 0.524. The number of alkyl halides is 1. The molecule has 1 aliphatic rings. The van der Waals surface area contributed by atoms with Crippen LogP contribution in [0.3, 0.4) is 0 Å². The molecule has 2 aromatic heterocycles. The number of aromatic nitrogens is 4. The Kier molecular flexibility index (Phi) is 4.23. The lowest BCUT2D eigenvalue weighted by Crippen LogP contribution is -2.47. The molecule has 3 rings (SSSR count). The van der Waals surface area contributed by atoms with Crippen LogP contribution in [0.5, 0.6) is 0 Å². The molecule has 0 aromatic carbocycles. The zero-order valence-corrected chi connectivity index (χ0v) is 14.6. The van der Waals surface area contributed by atoms with Gasteiger partial charge in [-0.2, -0.15) is 0 Å². The first-order valence-electron chi connectivity index (χ1n) is 6.87. The molecular formula is C13H18IN4O4+. The van der Waals surface area contributed by atoms with Gasteiger partial charge >= 0.3 is 5.65 Å². The van der Waals surface area contributed by atoms with Crippen LogP contribution in [-0.2, 0) is 16.5 Å². The van der Waals surface area contributed by atoms with E-state index in [9.17, 15) is 9.90 Å². The fourth-order valence-electron chi connectivity index (χ4n) is 2.87. The molecule has 22 heavy (non-hydrogen) atoms. The van der Waals surface area contributed by atoms with Gasteiger partial charge in [0.2, 0.25) is 11.7 Å². The summed E-state index contributed by atoms with van der Waals surface area (Å²) in [6.45, 7) is 1.73. The number of H-pyrrole nitrogens is 1. The van der Waals surface area contributed by atoms with E-state index in [2.05, 4.69) is 32.6 Å². The molecule has 2 aromatic rings. The average Bonchev–Trinajstić information content (AvgIpc) is 2.96. The Balaban J connectivity index is 2.16. The third-order valence-corrected chi connectivity index (χ3v) is 4.77. The number of aryl methyl sites for hydroxylation is 2. The number of hydrogen-bond donors (Lipinski definition) is 2. The van der Waals surface area contributed by atoms with E-state index < -0.39 is 18.4 Å². The van der Waals surface area contributed by atoms with Crippen molar-refractivity contribution in [3.63, 3.8) is 0 Å². The number of nitrogens with one attached hydrogen (secondary N) is 1. The van der Waals surface area contributed by atoms with E-state index in [1.807, 2.05) is 0 Å². The van der Waals surface area contributed by atoms with Gasteiger partial charge in [0.15, 0.2) is 12.2 Å². The minimum atomic E-state index is -0.724. The lowest BCUT2D eigenvalue weighted by atomic mass is 10.1.